The van der Waals surface area contributed by atoms with Crippen LogP contribution in [0.1, 0.15) is 17.3 Å². The number of rotatable bonds is 4. The van der Waals surface area contributed by atoms with Crippen molar-refractivity contribution < 1.29 is 9.53 Å². The molecule has 0 aliphatic rings. The highest BCUT2D eigenvalue weighted by Crippen LogP contribution is 2.22. The van der Waals surface area contributed by atoms with E-state index in [9.17, 15) is 9.59 Å². The third kappa shape index (κ3) is 2.72. The summed E-state index contributed by atoms with van der Waals surface area (Å²) in [4.78, 5) is 23.3. The number of benzene rings is 1. The Balaban J connectivity index is 2.64. The van der Waals surface area contributed by atoms with Crippen molar-refractivity contribution in [3.05, 3.63) is 46.2 Å². The van der Waals surface area contributed by atoms with Crippen molar-refractivity contribution in [1.82, 2.24) is 9.78 Å². The molecule has 0 unspecified atom stereocenters. The van der Waals surface area contributed by atoms with E-state index in [0.29, 0.717) is 18.0 Å². The van der Waals surface area contributed by atoms with Crippen molar-refractivity contribution in [1.29, 1.82) is 0 Å². The molecule has 0 radical (unpaired) electrons. The molecule has 0 atom stereocenters. The van der Waals surface area contributed by atoms with E-state index >= 15 is 0 Å². The Bertz CT molecular complexity index is 710. The standard InChI is InChI=1S/C14H13ClN2O3/c1-3-17-14(19)11(13(15)18)8-12(16-17)9-5-4-6-10(7-9)20-2/h4-8H,3H2,1-2H3. The third-order valence-electron chi connectivity index (χ3n) is 2.85. The van der Waals surface area contributed by atoms with Gasteiger partial charge in [0.2, 0.25) is 0 Å². The summed E-state index contributed by atoms with van der Waals surface area (Å²) < 4.78 is 6.36. The normalized spacial score (nSPS) is 10.3. The Hall–Kier alpha value is -2.14. The van der Waals surface area contributed by atoms with Gasteiger partial charge in [-0.15, -0.1) is 0 Å². The molecule has 0 N–H and O–H groups in total. The first-order valence-corrected chi connectivity index (χ1v) is 6.41. The first kappa shape index (κ1) is 14.3. The Morgan fingerprint density at radius 1 is 1.40 bits per heavy atom. The molecule has 20 heavy (non-hydrogen) atoms. The van der Waals surface area contributed by atoms with Gasteiger partial charge in [0.05, 0.1) is 12.8 Å². The van der Waals surface area contributed by atoms with Crippen LogP contribution in [0, 0.1) is 0 Å². The Morgan fingerprint density at radius 2 is 2.15 bits per heavy atom. The SMILES string of the molecule is CCn1nc(-c2cccc(OC)c2)cc(C(=O)Cl)c1=O. The number of hydrogen-bond acceptors (Lipinski definition) is 4. The first-order chi connectivity index (χ1) is 9.56. The second-order valence-electron chi connectivity index (χ2n) is 4.07. The summed E-state index contributed by atoms with van der Waals surface area (Å²) in [7, 11) is 1.56. The van der Waals surface area contributed by atoms with E-state index in [1.807, 2.05) is 6.07 Å². The summed E-state index contributed by atoms with van der Waals surface area (Å²) in [5.41, 5.74) is 0.667. The molecular formula is C14H13ClN2O3. The number of carbonyl (C=O) groups excluding carboxylic acids is 1. The zero-order valence-electron chi connectivity index (χ0n) is 11.1. The van der Waals surface area contributed by atoms with Gasteiger partial charge < -0.3 is 4.74 Å². The van der Waals surface area contributed by atoms with Gasteiger partial charge >= 0.3 is 0 Å². The highest BCUT2D eigenvalue weighted by atomic mass is 35.5. The van der Waals surface area contributed by atoms with Gasteiger partial charge in [0.1, 0.15) is 11.3 Å². The van der Waals surface area contributed by atoms with Crippen LogP contribution in [-0.4, -0.2) is 22.1 Å². The molecule has 2 rings (SSSR count). The molecule has 0 saturated heterocycles. The maximum atomic E-state index is 11.9. The maximum Gasteiger partial charge on any atom is 0.278 e. The van der Waals surface area contributed by atoms with Gasteiger partial charge in [-0.2, -0.15) is 5.10 Å². The molecule has 1 aromatic heterocycles. The largest absolute Gasteiger partial charge is 0.497 e. The van der Waals surface area contributed by atoms with Crippen LogP contribution < -0.4 is 10.3 Å². The lowest BCUT2D eigenvalue weighted by Gasteiger charge is -2.08. The van der Waals surface area contributed by atoms with Crippen LogP contribution in [0.25, 0.3) is 11.3 Å². The predicted octanol–water partition coefficient (Wildman–Crippen LogP) is 2.32. The summed E-state index contributed by atoms with van der Waals surface area (Å²) >= 11 is 5.45. The number of aryl methyl sites for hydroxylation is 1. The summed E-state index contributed by atoms with van der Waals surface area (Å²) in [5.74, 6) is 0.664. The lowest BCUT2D eigenvalue weighted by molar-refractivity contribution is 0.107. The van der Waals surface area contributed by atoms with E-state index in [0.717, 1.165) is 5.56 Å². The summed E-state index contributed by atoms with van der Waals surface area (Å²) in [6, 6.07) is 8.60. The number of nitrogens with zero attached hydrogens (tertiary/aromatic N) is 2. The predicted molar refractivity (Wildman–Crippen MR) is 76.3 cm³/mol. The van der Waals surface area contributed by atoms with Gasteiger partial charge in [-0.05, 0) is 36.7 Å². The van der Waals surface area contributed by atoms with E-state index in [1.165, 1.54) is 10.7 Å². The molecule has 5 nitrogen and oxygen atoms in total. The van der Waals surface area contributed by atoms with E-state index < -0.39 is 10.8 Å². The van der Waals surface area contributed by atoms with E-state index in [1.54, 1.807) is 32.2 Å². The lowest BCUT2D eigenvalue weighted by atomic mass is 10.1. The Kier molecular flexibility index (Phi) is 4.20. The Morgan fingerprint density at radius 3 is 2.75 bits per heavy atom. The molecule has 0 spiro atoms. The van der Waals surface area contributed by atoms with Gasteiger partial charge in [0.25, 0.3) is 10.8 Å². The van der Waals surface area contributed by atoms with E-state index in [2.05, 4.69) is 5.10 Å². The first-order valence-electron chi connectivity index (χ1n) is 6.03. The van der Waals surface area contributed by atoms with Crippen molar-refractivity contribution >= 4 is 16.8 Å². The minimum atomic E-state index is -0.788. The van der Waals surface area contributed by atoms with Crippen molar-refractivity contribution in [3.63, 3.8) is 0 Å². The molecule has 1 aromatic carbocycles. The van der Waals surface area contributed by atoms with E-state index in [-0.39, 0.29) is 5.56 Å². The number of hydrogen-bond donors (Lipinski definition) is 0. The monoisotopic (exact) mass is 292 g/mol. The van der Waals surface area contributed by atoms with Gasteiger partial charge in [-0.25, -0.2) is 4.68 Å². The van der Waals surface area contributed by atoms with Gasteiger partial charge in [-0.1, -0.05) is 12.1 Å². The fourth-order valence-corrected chi connectivity index (χ4v) is 1.96. The zero-order chi connectivity index (χ0) is 14.7. The van der Waals surface area contributed by atoms with Crippen molar-refractivity contribution in [2.75, 3.05) is 7.11 Å². The van der Waals surface area contributed by atoms with Crippen LogP contribution in [0.15, 0.2) is 35.1 Å². The van der Waals surface area contributed by atoms with Crippen molar-refractivity contribution in [3.8, 4) is 17.0 Å². The molecular weight excluding hydrogens is 280 g/mol. The minimum absolute atomic E-state index is 0.0821. The van der Waals surface area contributed by atoms with Crippen LogP contribution in [0.2, 0.25) is 0 Å². The van der Waals surface area contributed by atoms with Crippen LogP contribution in [0.4, 0.5) is 0 Å². The Labute approximate surface area is 120 Å². The second kappa shape index (κ2) is 5.88. The van der Waals surface area contributed by atoms with Crippen molar-refractivity contribution in [2.24, 2.45) is 0 Å². The molecule has 0 aliphatic heterocycles. The zero-order valence-corrected chi connectivity index (χ0v) is 11.8. The number of aromatic nitrogens is 2. The van der Waals surface area contributed by atoms with Crippen molar-refractivity contribution in [2.45, 2.75) is 13.5 Å². The maximum absolute atomic E-state index is 11.9. The average Bonchev–Trinajstić information content (AvgIpc) is 2.47. The lowest BCUT2D eigenvalue weighted by Crippen LogP contribution is -2.27. The number of halogens is 1. The fourth-order valence-electron chi connectivity index (χ4n) is 1.82. The molecule has 0 aliphatic carbocycles. The molecule has 0 saturated carbocycles. The number of ether oxygens (including phenoxy) is 1. The molecule has 0 fully saturated rings. The summed E-state index contributed by atoms with van der Waals surface area (Å²) in [5, 5.41) is 3.43. The number of methoxy groups -OCH3 is 1. The van der Waals surface area contributed by atoms with Crippen LogP contribution >= 0.6 is 11.6 Å². The topological polar surface area (TPSA) is 61.2 Å². The molecule has 0 amide bonds. The summed E-state index contributed by atoms with van der Waals surface area (Å²) in [6.07, 6.45) is 0. The quantitative estimate of drug-likeness (QED) is 0.811. The van der Waals surface area contributed by atoms with Crippen LogP contribution in [0.5, 0.6) is 5.75 Å². The third-order valence-corrected chi connectivity index (χ3v) is 3.05. The molecule has 6 heteroatoms. The molecule has 0 bridgehead atoms. The minimum Gasteiger partial charge on any atom is -0.497 e. The van der Waals surface area contributed by atoms with Crippen LogP contribution in [0.3, 0.4) is 0 Å². The fraction of sp³-hybridized carbons (Fsp3) is 0.214. The smallest absolute Gasteiger partial charge is 0.278 e. The second-order valence-corrected chi connectivity index (χ2v) is 4.41. The average molecular weight is 293 g/mol. The van der Waals surface area contributed by atoms with Gasteiger partial charge in [0.15, 0.2) is 0 Å². The number of carbonyl (C=O) groups is 1. The molecule has 1 heterocycles. The highest BCUT2D eigenvalue weighted by molar-refractivity contribution is 6.67. The molecule has 104 valence electrons. The molecule has 2 aromatic rings. The highest BCUT2D eigenvalue weighted by Gasteiger charge is 2.14. The summed E-state index contributed by atoms with van der Waals surface area (Å²) in [6.45, 7) is 2.13. The van der Waals surface area contributed by atoms with Gasteiger partial charge in [0, 0.05) is 12.1 Å². The van der Waals surface area contributed by atoms with E-state index in [4.69, 9.17) is 16.3 Å². The van der Waals surface area contributed by atoms with Gasteiger partial charge in [-0.3, -0.25) is 9.59 Å². The van der Waals surface area contributed by atoms with Crippen LogP contribution in [-0.2, 0) is 6.54 Å².